The molecule has 5 nitrogen and oxygen atoms in total. The van der Waals surface area contributed by atoms with Crippen molar-refractivity contribution in [2.45, 2.75) is 31.8 Å². The van der Waals surface area contributed by atoms with Crippen LogP contribution in [-0.2, 0) is 11.3 Å². The summed E-state index contributed by atoms with van der Waals surface area (Å²) in [6.45, 7) is 0.491. The van der Waals surface area contributed by atoms with E-state index in [1.54, 1.807) is 14.2 Å². The average Bonchev–Trinajstić information content (AvgIpc) is 2.91. The van der Waals surface area contributed by atoms with Gasteiger partial charge in [-0.1, -0.05) is 6.07 Å². The van der Waals surface area contributed by atoms with Crippen LogP contribution in [0, 0.1) is 5.92 Å². The van der Waals surface area contributed by atoms with Crippen molar-refractivity contribution >= 4 is 5.91 Å². The lowest BCUT2D eigenvalue weighted by molar-refractivity contribution is -0.125. The monoisotopic (exact) mass is 278 g/mol. The summed E-state index contributed by atoms with van der Waals surface area (Å²) < 4.78 is 10.4. The molecule has 5 heteroatoms. The molecular formula is C15H22N2O3. The first-order valence-electron chi connectivity index (χ1n) is 6.88. The van der Waals surface area contributed by atoms with Gasteiger partial charge >= 0.3 is 0 Å². The molecule has 0 spiro atoms. The van der Waals surface area contributed by atoms with E-state index in [1.165, 1.54) is 0 Å². The van der Waals surface area contributed by atoms with Crippen LogP contribution in [0.2, 0.25) is 0 Å². The van der Waals surface area contributed by atoms with E-state index in [0.717, 1.165) is 24.8 Å². The number of benzene rings is 1. The first-order valence-corrected chi connectivity index (χ1v) is 6.88. The first-order chi connectivity index (χ1) is 9.63. The molecule has 0 aromatic heterocycles. The van der Waals surface area contributed by atoms with E-state index in [-0.39, 0.29) is 17.9 Å². The zero-order chi connectivity index (χ0) is 14.5. The number of methoxy groups -OCH3 is 2. The summed E-state index contributed by atoms with van der Waals surface area (Å²) in [5, 5.41) is 2.96. The van der Waals surface area contributed by atoms with E-state index in [2.05, 4.69) is 5.32 Å². The molecule has 0 aliphatic heterocycles. The standard InChI is InChI=1S/C15H22N2O3/c1-19-13-6-3-10(7-14(13)20-2)9-17-15(18)11-4-5-12(16)8-11/h3,6-7,11-12H,4-5,8-9,16H2,1-2H3,(H,17,18). The molecule has 3 N–H and O–H groups in total. The third kappa shape index (κ3) is 3.42. The Morgan fingerprint density at radius 3 is 2.65 bits per heavy atom. The summed E-state index contributed by atoms with van der Waals surface area (Å²) in [6, 6.07) is 5.81. The van der Waals surface area contributed by atoms with Crippen LogP contribution in [0.3, 0.4) is 0 Å². The van der Waals surface area contributed by atoms with Crippen LogP contribution in [0.25, 0.3) is 0 Å². The van der Waals surface area contributed by atoms with Crippen LogP contribution in [0.4, 0.5) is 0 Å². The zero-order valence-electron chi connectivity index (χ0n) is 12.0. The minimum atomic E-state index is 0.0603. The van der Waals surface area contributed by atoms with Gasteiger partial charge in [0.1, 0.15) is 0 Å². The number of ether oxygens (including phenoxy) is 2. The SMILES string of the molecule is COc1ccc(CNC(=O)C2CCC(N)C2)cc1OC. The molecule has 1 aromatic rings. The van der Waals surface area contributed by atoms with Crippen molar-refractivity contribution < 1.29 is 14.3 Å². The second-order valence-electron chi connectivity index (χ2n) is 5.18. The Labute approximate surface area is 119 Å². The van der Waals surface area contributed by atoms with E-state index in [4.69, 9.17) is 15.2 Å². The average molecular weight is 278 g/mol. The van der Waals surface area contributed by atoms with Crippen LogP contribution in [0.15, 0.2) is 18.2 Å². The first kappa shape index (κ1) is 14.7. The molecule has 0 saturated heterocycles. The summed E-state index contributed by atoms with van der Waals surface area (Å²) >= 11 is 0. The fourth-order valence-electron chi connectivity index (χ4n) is 2.58. The molecule has 2 unspecified atom stereocenters. The number of carbonyl (C=O) groups excluding carboxylic acids is 1. The van der Waals surface area contributed by atoms with Gasteiger partial charge in [-0.05, 0) is 37.0 Å². The maximum Gasteiger partial charge on any atom is 0.223 e. The van der Waals surface area contributed by atoms with E-state index in [9.17, 15) is 4.79 Å². The van der Waals surface area contributed by atoms with Crippen LogP contribution >= 0.6 is 0 Å². The van der Waals surface area contributed by atoms with Gasteiger partial charge in [-0.3, -0.25) is 4.79 Å². The fourth-order valence-corrected chi connectivity index (χ4v) is 2.58. The van der Waals surface area contributed by atoms with Crippen LogP contribution in [-0.4, -0.2) is 26.2 Å². The van der Waals surface area contributed by atoms with Crippen LogP contribution in [0.5, 0.6) is 11.5 Å². The molecular weight excluding hydrogens is 256 g/mol. The van der Waals surface area contributed by atoms with Gasteiger partial charge in [0.2, 0.25) is 5.91 Å². The van der Waals surface area contributed by atoms with E-state index in [1.807, 2.05) is 18.2 Å². The minimum Gasteiger partial charge on any atom is -0.493 e. The zero-order valence-corrected chi connectivity index (χ0v) is 12.0. The number of nitrogens with two attached hydrogens (primary N) is 1. The maximum atomic E-state index is 12.0. The van der Waals surface area contributed by atoms with Gasteiger partial charge in [0, 0.05) is 18.5 Å². The van der Waals surface area contributed by atoms with Crippen molar-refractivity contribution in [1.82, 2.24) is 5.32 Å². The Balaban J connectivity index is 1.92. The molecule has 1 aliphatic carbocycles. The Hall–Kier alpha value is -1.75. The molecule has 1 saturated carbocycles. The van der Waals surface area contributed by atoms with Gasteiger partial charge in [-0.25, -0.2) is 0 Å². The van der Waals surface area contributed by atoms with Gasteiger partial charge in [-0.15, -0.1) is 0 Å². The number of nitrogens with one attached hydrogen (secondary N) is 1. The quantitative estimate of drug-likeness (QED) is 0.855. The summed E-state index contributed by atoms with van der Waals surface area (Å²) in [6.07, 6.45) is 2.62. The van der Waals surface area contributed by atoms with Gasteiger partial charge in [-0.2, -0.15) is 0 Å². The lowest BCUT2D eigenvalue weighted by atomic mass is 10.1. The van der Waals surface area contributed by atoms with Gasteiger partial charge in [0.05, 0.1) is 14.2 Å². The molecule has 0 radical (unpaired) electrons. The summed E-state index contributed by atoms with van der Waals surface area (Å²) in [5.41, 5.74) is 6.81. The van der Waals surface area contributed by atoms with Crippen molar-refractivity contribution in [1.29, 1.82) is 0 Å². The largest absolute Gasteiger partial charge is 0.493 e. The normalized spacial score (nSPS) is 21.6. The lowest BCUT2D eigenvalue weighted by Crippen LogP contribution is -2.30. The highest BCUT2D eigenvalue weighted by Gasteiger charge is 2.27. The van der Waals surface area contributed by atoms with Gasteiger partial charge in [0.25, 0.3) is 0 Å². The highest BCUT2D eigenvalue weighted by molar-refractivity contribution is 5.79. The second kappa shape index (κ2) is 6.61. The van der Waals surface area contributed by atoms with Crippen molar-refractivity contribution in [2.24, 2.45) is 11.7 Å². The van der Waals surface area contributed by atoms with Gasteiger partial charge < -0.3 is 20.5 Å². The highest BCUT2D eigenvalue weighted by atomic mass is 16.5. The van der Waals surface area contributed by atoms with Gasteiger partial charge in [0.15, 0.2) is 11.5 Å². The van der Waals surface area contributed by atoms with Crippen LogP contribution < -0.4 is 20.5 Å². The maximum absolute atomic E-state index is 12.0. The Bertz CT molecular complexity index is 476. The molecule has 1 amide bonds. The second-order valence-corrected chi connectivity index (χ2v) is 5.18. The van der Waals surface area contributed by atoms with Crippen LogP contribution in [0.1, 0.15) is 24.8 Å². The number of hydrogen-bond acceptors (Lipinski definition) is 4. The van der Waals surface area contributed by atoms with Crippen molar-refractivity contribution in [3.63, 3.8) is 0 Å². The Morgan fingerprint density at radius 1 is 1.30 bits per heavy atom. The molecule has 1 fully saturated rings. The molecule has 110 valence electrons. The molecule has 1 aliphatic rings. The smallest absolute Gasteiger partial charge is 0.223 e. The summed E-state index contributed by atoms with van der Waals surface area (Å²) in [5.74, 6) is 1.50. The lowest BCUT2D eigenvalue weighted by Gasteiger charge is -2.12. The molecule has 1 aromatic carbocycles. The van der Waals surface area contributed by atoms with Crippen molar-refractivity contribution in [2.75, 3.05) is 14.2 Å². The fraction of sp³-hybridized carbons (Fsp3) is 0.533. The van der Waals surface area contributed by atoms with E-state index in [0.29, 0.717) is 18.0 Å². The van der Waals surface area contributed by atoms with Crippen molar-refractivity contribution in [3.8, 4) is 11.5 Å². The predicted molar refractivity (Wildman–Crippen MR) is 76.7 cm³/mol. The number of rotatable bonds is 5. The third-order valence-electron chi connectivity index (χ3n) is 3.76. The Morgan fingerprint density at radius 2 is 2.05 bits per heavy atom. The molecule has 0 heterocycles. The minimum absolute atomic E-state index is 0.0603. The Kier molecular flexibility index (Phi) is 4.84. The topological polar surface area (TPSA) is 73.6 Å². The summed E-state index contributed by atoms with van der Waals surface area (Å²) in [4.78, 5) is 12.0. The van der Waals surface area contributed by atoms with Crippen molar-refractivity contribution in [3.05, 3.63) is 23.8 Å². The van der Waals surface area contributed by atoms with E-state index >= 15 is 0 Å². The molecule has 20 heavy (non-hydrogen) atoms. The van der Waals surface area contributed by atoms with E-state index < -0.39 is 0 Å². The number of amides is 1. The number of carbonyl (C=O) groups is 1. The highest BCUT2D eigenvalue weighted by Crippen LogP contribution is 2.28. The summed E-state index contributed by atoms with van der Waals surface area (Å²) in [7, 11) is 3.20. The third-order valence-corrected chi connectivity index (χ3v) is 3.76. The predicted octanol–water partition coefficient (Wildman–Crippen LogP) is 1.45. The molecule has 2 atom stereocenters. The molecule has 0 bridgehead atoms. The molecule has 2 rings (SSSR count). The number of hydrogen-bond donors (Lipinski definition) is 2.